The van der Waals surface area contributed by atoms with Crippen LogP contribution in [-0.2, 0) is 17.6 Å². The van der Waals surface area contributed by atoms with Crippen molar-refractivity contribution in [1.82, 2.24) is 20.4 Å². The Bertz CT molecular complexity index is 590. The second kappa shape index (κ2) is 8.20. The molecule has 0 aromatic carbocycles. The smallest absolute Gasteiger partial charge is 0.226 e. The highest BCUT2D eigenvalue weighted by Crippen LogP contribution is 2.47. The van der Waals surface area contributed by atoms with Crippen molar-refractivity contribution in [2.45, 2.75) is 51.7 Å². The largest absolute Gasteiger partial charge is 0.374 e. The quantitative estimate of drug-likeness (QED) is 0.410. The van der Waals surface area contributed by atoms with Gasteiger partial charge >= 0.3 is 0 Å². The van der Waals surface area contributed by atoms with E-state index in [1.807, 2.05) is 6.92 Å². The van der Waals surface area contributed by atoms with Gasteiger partial charge in [0.25, 0.3) is 0 Å². The minimum Gasteiger partial charge on any atom is -0.374 e. The molecular weight excluding hydrogens is 433 g/mol. The Morgan fingerprint density at radius 3 is 2.56 bits per heavy atom. The second-order valence-corrected chi connectivity index (χ2v) is 6.97. The SMILES string of the molecule is CCNC(=NCCc1noc(CC)n1)N1CC2C3CCC(O3)C2C1.I. The molecule has 4 atom stereocenters. The molecule has 3 aliphatic heterocycles. The summed E-state index contributed by atoms with van der Waals surface area (Å²) in [4.78, 5) is 11.6. The second-order valence-electron chi connectivity index (χ2n) is 6.97. The molecule has 4 rings (SSSR count). The zero-order valence-corrected chi connectivity index (χ0v) is 17.3. The van der Waals surface area contributed by atoms with Crippen LogP contribution in [0.3, 0.4) is 0 Å². The van der Waals surface area contributed by atoms with Gasteiger partial charge in [-0.05, 0) is 19.8 Å². The molecule has 25 heavy (non-hydrogen) atoms. The fourth-order valence-electron chi connectivity index (χ4n) is 4.36. The number of hydrogen-bond acceptors (Lipinski definition) is 5. The summed E-state index contributed by atoms with van der Waals surface area (Å²) in [7, 11) is 0. The maximum absolute atomic E-state index is 6.07. The van der Waals surface area contributed by atoms with Gasteiger partial charge in [-0.25, -0.2) is 0 Å². The lowest BCUT2D eigenvalue weighted by molar-refractivity contribution is 0.0767. The molecule has 1 aromatic rings. The molecule has 3 fully saturated rings. The van der Waals surface area contributed by atoms with Crippen molar-refractivity contribution in [3.8, 4) is 0 Å². The van der Waals surface area contributed by atoms with Gasteiger partial charge in [-0.2, -0.15) is 4.98 Å². The van der Waals surface area contributed by atoms with Gasteiger partial charge in [-0.15, -0.1) is 24.0 Å². The highest BCUT2D eigenvalue weighted by atomic mass is 127. The Morgan fingerprint density at radius 2 is 1.96 bits per heavy atom. The standard InChI is InChI=1S/C17H27N5O2.HI/c1-3-16-20-15(21-24-16)7-8-19-17(18-4-2)22-9-11-12(10-22)14-6-5-13(11)23-14;/h11-14H,3-10H2,1-2H3,(H,18,19);1H. The molecule has 4 heterocycles. The van der Waals surface area contributed by atoms with E-state index >= 15 is 0 Å². The van der Waals surface area contributed by atoms with Gasteiger partial charge in [0.15, 0.2) is 11.8 Å². The Kier molecular flexibility index (Phi) is 6.19. The highest BCUT2D eigenvalue weighted by molar-refractivity contribution is 14.0. The monoisotopic (exact) mass is 461 g/mol. The van der Waals surface area contributed by atoms with Crippen LogP contribution < -0.4 is 5.32 Å². The zero-order valence-electron chi connectivity index (χ0n) is 15.0. The van der Waals surface area contributed by atoms with E-state index in [1.165, 1.54) is 12.8 Å². The maximum Gasteiger partial charge on any atom is 0.226 e. The third kappa shape index (κ3) is 3.79. The lowest BCUT2D eigenvalue weighted by Gasteiger charge is -2.23. The molecule has 0 radical (unpaired) electrons. The molecule has 3 saturated heterocycles. The average Bonchev–Trinajstić information content (AvgIpc) is 3.34. The summed E-state index contributed by atoms with van der Waals surface area (Å²) in [5.41, 5.74) is 0. The van der Waals surface area contributed by atoms with E-state index < -0.39 is 0 Å². The van der Waals surface area contributed by atoms with Gasteiger partial charge in [0, 0.05) is 50.9 Å². The first kappa shape index (κ1) is 18.9. The molecule has 1 aromatic heterocycles. The van der Waals surface area contributed by atoms with E-state index in [1.54, 1.807) is 0 Å². The summed E-state index contributed by atoms with van der Waals surface area (Å²) in [5.74, 6) is 3.85. The summed E-state index contributed by atoms with van der Waals surface area (Å²) in [5, 5.41) is 7.43. The van der Waals surface area contributed by atoms with Crippen molar-refractivity contribution in [1.29, 1.82) is 0 Å². The molecule has 0 spiro atoms. The number of aliphatic imine (C=N–C) groups is 1. The predicted octanol–water partition coefficient (Wildman–Crippen LogP) is 1.87. The molecule has 7 nitrogen and oxygen atoms in total. The Balaban J connectivity index is 0.00000182. The number of aryl methyl sites for hydroxylation is 1. The number of hydrogen-bond donors (Lipinski definition) is 1. The zero-order chi connectivity index (χ0) is 16.5. The van der Waals surface area contributed by atoms with Crippen LogP contribution in [0.1, 0.15) is 38.4 Å². The molecule has 140 valence electrons. The van der Waals surface area contributed by atoms with E-state index in [2.05, 4.69) is 27.3 Å². The van der Waals surface area contributed by atoms with Crippen molar-refractivity contribution in [3.05, 3.63) is 11.7 Å². The average molecular weight is 461 g/mol. The lowest BCUT2D eigenvalue weighted by Crippen LogP contribution is -2.41. The molecule has 4 unspecified atom stereocenters. The fourth-order valence-corrected chi connectivity index (χ4v) is 4.36. The number of nitrogens with zero attached hydrogens (tertiary/aromatic N) is 4. The van der Waals surface area contributed by atoms with Crippen molar-refractivity contribution in [2.75, 3.05) is 26.2 Å². The summed E-state index contributed by atoms with van der Waals surface area (Å²) in [6.45, 7) is 7.84. The summed E-state index contributed by atoms with van der Waals surface area (Å²) >= 11 is 0. The maximum atomic E-state index is 6.07. The molecule has 1 N–H and O–H groups in total. The van der Waals surface area contributed by atoms with Gasteiger partial charge < -0.3 is 19.5 Å². The molecular formula is C17H28IN5O2. The van der Waals surface area contributed by atoms with Gasteiger partial charge in [0.2, 0.25) is 5.89 Å². The van der Waals surface area contributed by atoms with Crippen LogP contribution in [0.4, 0.5) is 0 Å². The van der Waals surface area contributed by atoms with Crippen LogP contribution in [0, 0.1) is 11.8 Å². The van der Waals surface area contributed by atoms with Gasteiger partial charge in [-0.1, -0.05) is 12.1 Å². The van der Waals surface area contributed by atoms with Gasteiger partial charge in [0.05, 0.1) is 12.2 Å². The summed E-state index contributed by atoms with van der Waals surface area (Å²) < 4.78 is 11.2. The van der Waals surface area contributed by atoms with E-state index in [4.69, 9.17) is 14.3 Å². The Hall–Kier alpha value is -0.900. The number of nitrogens with one attached hydrogen (secondary N) is 1. The number of rotatable bonds is 5. The number of likely N-dealkylation sites (tertiary alicyclic amines) is 1. The van der Waals surface area contributed by atoms with Crippen LogP contribution in [0.15, 0.2) is 9.52 Å². The summed E-state index contributed by atoms with van der Waals surface area (Å²) in [6.07, 6.45) is 4.95. The minimum atomic E-state index is 0. The predicted molar refractivity (Wildman–Crippen MR) is 105 cm³/mol. The lowest BCUT2D eigenvalue weighted by atomic mass is 9.82. The molecule has 8 heteroatoms. The first-order chi connectivity index (χ1) is 11.8. The number of halogens is 1. The van der Waals surface area contributed by atoms with E-state index in [0.29, 0.717) is 42.9 Å². The van der Waals surface area contributed by atoms with Crippen molar-refractivity contribution in [2.24, 2.45) is 16.8 Å². The first-order valence-corrected chi connectivity index (χ1v) is 9.28. The summed E-state index contributed by atoms with van der Waals surface area (Å²) in [6, 6.07) is 0. The molecule has 3 aliphatic rings. The van der Waals surface area contributed by atoms with Crippen molar-refractivity contribution in [3.63, 3.8) is 0 Å². The number of ether oxygens (including phenoxy) is 1. The first-order valence-electron chi connectivity index (χ1n) is 9.28. The van der Waals surface area contributed by atoms with Gasteiger partial charge in [-0.3, -0.25) is 4.99 Å². The van der Waals surface area contributed by atoms with Crippen LogP contribution in [0.2, 0.25) is 0 Å². The fraction of sp³-hybridized carbons (Fsp3) is 0.824. The van der Waals surface area contributed by atoms with Crippen LogP contribution in [-0.4, -0.2) is 59.4 Å². The third-order valence-corrected chi connectivity index (χ3v) is 5.50. The van der Waals surface area contributed by atoms with Crippen molar-refractivity contribution >= 4 is 29.9 Å². The topological polar surface area (TPSA) is 75.8 Å². The molecule has 0 saturated carbocycles. The Labute approximate surface area is 166 Å². The normalized spacial score (nSPS) is 30.5. The third-order valence-electron chi connectivity index (χ3n) is 5.50. The number of aromatic nitrogens is 2. The van der Waals surface area contributed by atoms with Crippen LogP contribution >= 0.6 is 24.0 Å². The Morgan fingerprint density at radius 1 is 1.24 bits per heavy atom. The van der Waals surface area contributed by atoms with Gasteiger partial charge in [0.1, 0.15) is 0 Å². The van der Waals surface area contributed by atoms with E-state index in [-0.39, 0.29) is 24.0 Å². The van der Waals surface area contributed by atoms with E-state index in [9.17, 15) is 0 Å². The molecule has 0 aliphatic carbocycles. The van der Waals surface area contributed by atoms with E-state index in [0.717, 1.165) is 37.8 Å². The number of guanidine groups is 1. The molecule has 0 amide bonds. The van der Waals surface area contributed by atoms with Crippen molar-refractivity contribution < 1.29 is 9.26 Å². The van der Waals surface area contributed by atoms with Crippen LogP contribution in [0.25, 0.3) is 0 Å². The molecule has 2 bridgehead atoms. The number of fused-ring (bicyclic) bond motifs is 5. The highest BCUT2D eigenvalue weighted by Gasteiger charge is 2.53. The minimum absolute atomic E-state index is 0. The van der Waals surface area contributed by atoms with Crippen LogP contribution in [0.5, 0.6) is 0 Å².